The first kappa shape index (κ1) is 9.44. The second kappa shape index (κ2) is 4.40. The summed E-state index contributed by atoms with van der Waals surface area (Å²) in [5.41, 5.74) is 0. The average molecular weight is 183 g/mol. The minimum Gasteiger partial charge on any atom is -0.313 e. The summed E-state index contributed by atoms with van der Waals surface area (Å²) in [5.74, 6) is 0. The van der Waals surface area contributed by atoms with E-state index in [0.29, 0.717) is 12.2 Å². The van der Waals surface area contributed by atoms with Gasteiger partial charge in [0.05, 0.1) is 6.17 Å². The second-order valence-corrected chi connectivity index (χ2v) is 4.32. The van der Waals surface area contributed by atoms with E-state index in [4.69, 9.17) is 0 Å². The molecule has 2 atom stereocenters. The molecule has 0 bridgehead atoms. The lowest BCUT2D eigenvalue weighted by molar-refractivity contribution is 0.181. The van der Waals surface area contributed by atoms with Gasteiger partial charge >= 0.3 is 0 Å². The van der Waals surface area contributed by atoms with Gasteiger partial charge in [-0.3, -0.25) is 4.90 Å². The number of rotatable bonds is 1. The van der Waals surface area contributed by atoms with Crippen LogP contribution in [0.5, 0.6) is 0 Å². The first-order chi connectivity index (χ1) is 6.36. The standard InChI is InChI=1S/C10H21N3/c1-9-8-13(7-3-6-11-9)10-4-2-5-12-10/h9-12H,2-8H2,1H3. The summed E-state index contributed by atoms with van der Waals surface area (Å²) < 4.78 is 0. The van der Waals surface area contributed by atoms with E-state index in [9.17, 15) is 0 Å². The van der Waals surface area contributed by atoms with Gasteiger partial charge in [0, 0.05) is 19.1 Å². The minimum atomic E-state index is 0.657. The van der Waals surface area contributed by atoms with Crippen molar-refractivity contribution in [2.45, 2.75) is 38.4 Å². The average Bonchev–Trinajstić information content (AvgIpc) is 2.56. The predicted molar refractivity (Wildman–Crippen MR) is 54.7 cm³/mol. The number of hydrogen-bond donors (Lipinski definition) is 2. The van der Waals surface area contributed by atoms with Crippen molar-refractivity contribution in [3.05, 3.63) is 0 Å². The van der Waals surface area contributed by atoms with Crippen molar-refractivity contribution in [3.63, 3.8) is 0 Å². The van der Waals surface area contributed by atoms with Gasteiger partial charge in [0.2, 0.25) is 0 Å². The molecule has 2 fully saturated rings. The van der Waals surface area contributed by atoms with E-state index in [1.54, 1.807) is 0 Å². The van der Waals surface area contributed by atoms with E-state index in [1.807, 2.05) is 0 Å². The van der Waals surface area contributed by atoms with Gasteiger partial charge in [-0.2, -0.15) is 0 Å². The molecule has 2 unspecified atom stereocenters. The molecule has 2 N–H and O–H groups in total. The molecule has 0 aromatic heterocycles. The van der Waals surface area contributed by atoms with Crippen molar-refractivity contribution in [1.82, 2.24) is 15.5 Å². The highest BCUT2D eigenvalue weighted by Gasteiger charge is 2.24. The molecule has 3 heteroatoms. The van der Waals surface area contributed by atoms with Crippen LogP contribution in [0.2, 0.25) is 0 Å². The lowest BCUT2D eigenvalue weighted by Crippen LogP contribution is -2.45. The van der Waals surface area contributed by atoms with Crippen LogP contribution in [0, 0.1) is 0 Å². The highest BCUT2D eigenvalue weighted by atomic mass is 15.3. The molecule has 0 aromatic carbocycles. The molecule has 0 aromatic rings. The van der Waals surface area contributed by atoms with Crippen molar-refractivity contribution >= 4 is 0 Å². The summed E-state index contributed by atoms with van der Waals surface area (Å²) in [6.45, 7) is 7.15. The molecule has 0 spiro atoms. The van der Waals surface area contributed by atoms with Crippen LogP contribution in [-0.4, -0.2) is 43.3 Å². The molecular weight excluding hydrogens is 162 g/mol. The van der Waals surface area contributed by atoms with Crippen molar-refractivity contribution in [2.75, 3.05) is 26.2 Å². The lowest BCUT2D eigenvalue weighted by Gasteiger charge is -2.28. The van der Waals surface area contributed by atoms with E-state index >= 15 is 0 Å². The SMILES string of the molecule is CC1CN(C2CCCN2)CCCN1. The van der Waals surface area contributed by atoms with E-state index < -0.39 is 0 Å². The van der Waals surface area contributed by atoms with Gasteiger partial charge in [0.15, 0.2) is 0 Å². The second-order valence-electron chi connectivity index (χ2n) is 4.32. The molecule has 3 nitrogen and oxygen atoms in total. The molecule has 0 aliphatic carbocycles. The highest BCUT2D eigenvalue weighted by Crippen LogP contribution is 2.12. The maximum absolute atomic E-state index is 3.57. The Hall–Kier alpha value is -0.120. The maximum atomic E-state index is 3.57. The fourth-order valence-corrected chi connectivity index (χ4v) is 2.40. The van der Waals surface area contributed by atoms with Crippen molar-refractivity contribution < 1.29 is 0 Å². The molecule has 13 heavy (non-hydrogen) atoms. The molecule has 0 saturated carbocycles. The van der Waals surface area contributed by atoms with Crippen molar-refractivity contribution in [3.8, 4) is 0 Å². The van der Waals surface area contributed by atoms with Gasteiger partial charge in [-0.1, -0.05) is 0 Å². The van der Waals surface area contributed by atoms with Gasteiger partial charge in [-0.15, -0.1) is 0 Å². The molecule has 2 saturated heterocycles. The minimum absolute atomic E-state index is 0.657. The fourth-order valence-electron chi connectivity index (χ4n) is 2.40. The zero-order valence-corrected chi connectivity index (χ0v) is 8.55. The summed E-state index contributed by atoms with van der Waals surface area (Å²) in [6, 6.07) is 0.657. The Morgan fingerprint density at radius 3 is 2.77 bits per heavy atom. The smallest absolute Gasteiger partial charge is 0.0598 e. The summed E-state index contributed by atoms with van der Waals surface area (Å²) in [4.78, 5) is 2.61. The monoisotopic (exact) mass is 183 g/mol. The van der Waals surface area contributed by atoms with E-state index in [2.05, 4.69) is 22.5 Å². The molecule has 2 rings (SSSR count). The Morgan fingerprint density at radius 2 is 2.00 bits per heavy atom. The summed E-state index contributed by atoms with van der Waals surface area (Å²) in [5, 5.41) is 7.10. The topological polar surface area (TPSA) is 27.3 Å². The quantitative estimate of drug-likeness (QED) is 0.615. The van der Waals surface area contributed by atoms with Crippen LogP contribution in [0.1, 0.15) is 26.2 Å². The van der Waals surface area contributed by atoms with E-state index in [0.717, 1.165) is 0 Å². The highest BCUT2D eigenvalue weighted by molar-refractivity contribution is 4.81. The molecule has 2 aliphatic rings. The molecule has 0 amide bonds. The largest absolute Gasteiger partial charge is 0.313 e. The number of nitrogens with zero attached hydrogens (tertiary/aromatic N) is 1. The van der Waals surface area contributed by atoms with Crippen LogP contribution in [0.25, 0.3) is 0 Å². The van der Waals surface area contributed by atoms with Gasteiger partial charge in [0.1, 0.15) is 0 Å². The van der Waals surface area contributed by atoms with Gasteiger partial charge in [-0.05, 0) is 39.3 Å². The zero-order chi connectivity index (χ0) is 9.10. The Kier molecular flexibility index (Phi) is 3.19. The fraction of sp³-hybridized carbons (Fsp3) is 1.00. The summed E-state index contributed by atoms with van der Waals surface area (Å²) >= 11 is 0. The third-order valence-electron chi connectivity index (χ3n) is 3.10. The van der Waals surface area contributed by atoms with Crippen molar-refractivity contribution in [2.24, 2.45) is 0 Å². The predicted octanol–water partition coefficient (Wildman–Crippen LogP) is 0.380. The normalized spacial score (nSPS) is 37.6. The van der Waals surface area contributed by atoms with Crippen LogP contribution in [0.4, 0.5) is 0 Å². The Labute approximate surface area is 80.9 Å². The van der Waals surface area contributed by atoms with Gasteiger partial charge in [0.25, 0.3) is 0 Å². The Morgan fingerprint density at radius 1 is 1.15 bits per heavy atom. The maximum Gasteiger partial charge on any atom is 0.0598 e. The first-order valence-electron chi connectivity index (χ1n) is 5.57. The number of nitrogens with one attached hydrogen (secondary N) is 2. The molecule has 2 aliphatic heterocycles. The third kappa shape index (κ3) is 2.42. The van der Waals surface area contributed by atoms with Crippen LogP contribution in [0.3, 0.4) is 0 Å². The van der Waals surface area contributed by atoms with Crippen LogP contribution < -0.4 is 10.6 Å². The van der Waals surface area contributed by atoms with Crippen LogP contribution in [0.15, 0.2) is 0 Å². The zero-order valence-electron chi connectivity index (χ0n) is 8.55. The van der Waals surface area contributed by atoms with E-state index in [1.165, 1.54) is 45.4 Å². The molecule has 76 valence electrons. The molecule has 0 radical (unpaired) electrons. The summed E-state index contributed by atoms with van der Waals surface area (Å²) in [7, 11) is 0. The van der Waals surface area contributed by atoms with Gasteiger partial charge < -0.3 is 10.6 Å². The van der Waals surface area contributed by atoms with Crippen LogP contribution >= 0.6 is 0 Å². The Bertz CT molecular complexity index is 154. The number of hydrogen-bond acceptors (Lipinski definition) is 3. The molecular formula is C10H21N3. The van der Waals surface area contributed by atoms with E-state index in [-0.39, 0.29) is 0 Å². The first-order valence-corrected chi connectivity index (χ1v) is 5.57. The molecule has 2 heterocycles. The lowest BCUT2D eigenvalue weighted by atomic mass is 10.2. The Balaban J connectivity index is 1.88. The van der Waals surface area contributed by atoms with Crippen LogP contribution in [-0.2, 0) is 0 Å². The summed E-state index contributed by atoms with van der Waals surface area (Å²) in [6.07, 6.45) is 4.65. The van der Waals surface area contributed by atoms with Crippen molar-refractivity contribution in [1.29, 1.82) is 0 Å². The van der Waals surface area contributed by atoms with Gasteiger partial charge in [-0.25, -0.2) is 0 Å². The third-order valence-corrected chi connectivity index (χ3v) is 3.10.